The zero-order valence-electron chi connectivity index (χ0n) is 15.6. The van der Waals surface area contributed by atoms with Crippen LogP contribution in [0.3, 0.4) is 0 Å². The van der Waals surface area contributed by atoms with Crippen LogP contribution in [0.4, 0.5) is 4.39 Å². The van der Waals surface area contributed by atoms with E-state index in [1.165, 1.54) is 12.1 Å². The molecule has 28 heavy (non-hydrogen) atoms. The van der Waals surface area contributed by atoms with Gasteiger partial charge in [-0.15, -0.1) is 0 Å². The van der Waals surface area contributed by atoms with E-state index >= 15 is 0 Å². The summed E-state index contributed by atoms with van der Waals surface area (Å²) in [7, 11) is 0. The second-order valence-electron chi connectivity index (χ2n) is 6.84. The summed E-state index contributed by atoms with van der Waals surface area (Å²) in [5, 5.41) is 7.40. The first-order valence-corrected chi connectivity index (χ1v) is 9.09. The molecule has 0 aliphatic carbocycles. The molecule has 6 heteroatoms. The number of carbonyl (C=O) groups excluding carboxylic acids is 1. The van der Waals surface area contributed by atoms with E-state index in [9.17, 15) is 9.18 Å². The number of nitrogens with one attached hydrogen (secondary N) is 2. The summed E-state index contributed by atoms with van der Waals surface area (Å²) in [5.74, 6) is -0.408. The third-order valence-electron chi connectivity index (χ3n) is 4.80. The lowest BCUT2D eigenvalue weighted by molar-refractivity contribution is -0.122. The van der Waals surface area contributed by atoms with Gasteiger partial charge in [-0.1, -0.05) is 35.5 Å². The lowest BCUT2D eigenvalue weighted by atomic mass is 9.94. The van der Waals surface area contributed by atoms with E-state index in [1.54, 1.807) is 12.1 Å². The Morgan fingerprint density at radius 3 is 2.71 bits per heavy atom. The first kappa shape index (κ1) is 18.0. The lowest BCUT2D eigenvalue weighted by Crippen LogP contribution is -2.27. The number of rotatable bonds is 5. The van der Waals surface area contributed by atoms with Crippen LogP contribution in [0.15, 0.2) is 59.1 Å². The molecule has 4 rings (SSSR count). The highest BCUT2D eigenvalue weighted by atomic mass is 19.1. The van der Waals surface area contributed by atoms with Crippen molar-refractivity contribution < 1.29 is 13.7 Å². The third-order valence-corrected chi connectivity index (χ3v) is 4.80. The topological polar surface area (TPSA) is 70.9 Å². The Morgan fingerprint density at radius 2 is 2.00 bits per heavy atom. The van der Waals surface area contributed by atoms with Crippen LogP contribution in [0.25, 0.3) is 22.2 Å². The quantitative estimate of drug-likeness (QED) is 0.530. The van der Waals surface area contributed by atoms with Crippen molar-refractivity contribution in [1.82, 2.24) is 15.5 Å². The van der Waals surface area contributed by atoms with Gasteiger partial charge < -0.3 is 14.8 Å². The van der Waals surface area contributed by atoms with Crippen molar-refractivity contribution in [3.8, 4) is 11.3 Å². The van der Waals surface area contributed by atoms with E-state index in [0.717, 1.165) is 28.0 Å². The lowest BCUT2D eigenvalue weighted by Gasteiger charge is -2.14. The predicted octanol–water partition coefficient (Wildman–Crippen LogP) is 4.69. The number of hydrogen-bond donors (Lipinski definition) is 2. The maximum absolute atomic E-state index is 13.9. The highest BCUT2D eigenvalue weighted by Gasteiger charge is 2.24. The number of benzene rings is 2. The van der Waals surface area contributed by atoms with E-state index < -0.39 is 5.92 Å². The van der Waals surface area contributed by atoms with Crippen molar-refractivity contribution in [3.05, 3.63) is 77.4 Å². The van der Waals surface area contributed by atoms with Gasteiger partial charge in [0.15, 0.2) is 5.76 Å². The Balaban J connectivity index is 1.71. The number of amides is 1. The molecule has 0 spiro atoms. The molecule has 4 aromatic rings. The number of aromatic nitrogens is 2. The number of carbonyl (C=O) groups is 1. The highest BCUT2D eigenvalue weighted by Crippen LogP contribution is 2.36. The minimum absolute atomic E-state index is 0.170. The molecule has 0 saturated heterocycles. The van der Waals surface area contributed by atoms with Gasteiger partial charge in [0.25, 0.3) is 0 Å². The normalized spacial score (nSPS) is 12.2. The number of hydrogen-bond acceptors (Lipinski definition) is 3. The Bertz CT molecular complexity index is 1130. The van der Waals surface area contributed by atoms with Gasteiger partial charge in [-0.3, -0.25) is 4.79 Å². The minimum atomic E-state index is -0.491. The number of halogens is 1. The zero-order valence-corrected chi connectivity index (χ0v) is 15.6. The molecule has 1 atom stereocenters. The van der Waals surface area contributed by atoms with Crippen LogP contribution in [-0.2, 0) is 11.3 Å². The summed E-state index contributed by atoms with van der Waals surface area (Å²) in [6, 6.07) is 16.1. The number of aryl methyl sites for hydroxylation is 1. The van der Waals surface area contributed by atoms with E-state index in [2.05, 4.69) is 15.5 Å². The molecule has 0 fully saturated rings. The predicted molar refractivity (Wildman–Crippen MR) is 105 cm³/mol. The summed E-state index contributed by atoms with van der Waals surface area (Å²) in [6.45, 7) is 3.90. The van der Waals surface area contributed by atoms with Gasteiger partial charge in [0.05, 0.1) is 23.9 Å². The average Bonchev–Trinajstić information content (AvgIpc) is 3.29. The van der Waals surface area contributed by atoms with Crippen LogP contribution in [0.1, 0.15) is 29.9 Å². The van der Waals surface area contributed by atoms with Crippen LogP contribution in [0.2, 0.25) is 0 Å². The smallest absolute Gasteiger partial charge is 0.227 e. The summed E-state index contributed by atoms with van der Waals surface area (Å²) in [4.78, 5) is 16.2. The summed E-state index contributed by atoms with van der Waals surface area (Å²) >= 11 is 0. The Morgan fingerprint density at radius 1 is 1.21 bits per heavy atom. The Kier molecular flexibility index (Phi) is 4.69. The highest BCUT2D eigenvalue weighted by molar-refractivity contribution is 5.97. The van der Waals surface area contributed by atoms with Gasteiger partial charge in [0.2, 0.25) is 5.91 Å². The summed E-state index contributed by atoms with van der Waals surface area (Å²) < 4.78 is 19.1. The number of H-pyrrole nitrogens is 1. The third kappa shape index (κ3) is 3.41. The monoisotopic (exact) mass is 377 g/mol. The average molecular weight is 377 g/mol. The molecule has 142 valence electrons. The number of fused-ring (bicyclic) bond motifs is 1. The van der Waals surface area contributed by atoms with Gasteiger partial charge in [-0.2, -0.15) is 0 Å². The maximum Gasteiger partial charge on any atom is 0.227 e. The van der Waals surface area contributed by atoms with Crippen LogP contribution in [0, 0.1) is 12.7 Å². The van der Waals surface area contributed by atoms with E-state index in [-0.39, 0.29) is 18.3 Å². The fourth-order valence-corrected chi connectivity index (χ4v) is 3.43. The molecule has 1 unspecified atom stereocenters. The molecule has 0 saturated carbocycles. The van der Waals surface area contributed by atoms with Gasteiger partial charge in [-0.05, 0) is 43.2 Å². The minimum Gasteiger partial charge on any atom is -0.359 e. The second kappa shape index (κ2) is 7.31. The molecule has 2 aromatic heterocycles. The molecule has 0 aliphatic heterocycles. The molecular weight excluding hydrogens is 357 g/mol. The fourth-order valence-electron chi connectivity index (χ4n) is 3.43. The van der Waals surface area contributed by atoms with Gasteiger partial charge >= 0.3 is 0 Å². The largest absolute Gasteiger partial charge is 0.359 e. The van der Waals surface area contributed by atoms with Crippen molar-refractivity contribution in [2.24, 2.45) is 0 Å². The number of aromatic amines is 1. The van der Waals surface area contributed by atoms with Gasteiger partial charge in [0, 0.05) is 17.0 Å². The summed E-state index contributed by atoms with van der Waals surface area (Å²) in [5.41, 5.74) is 4.09. The Labute approximate surface area is 161 Å². The van der Waals surface area contributed by atoms with Crippen molar-refractivity contribution in [1.29, 1.82) is 0 Å². The molecule has 2 heterocycles. The van der Waals surface area contributed by atoms with Crippen molar-refractivity contribution in [2.45, 2.75) is 26.3 Å². The zero-order chi connectivity index (χ0) is 19.7. The van der Waals surface area contributed by atoms with Crippen LogP contribution >= 0.6 is 0 Å². The van der Waals surface area contributed by atoms with Crippen LogP contribution in [-0.4, -0.2) is 16.0 Å². The van der Waals surface area contributed by atoms with E-state index in [4.69, 9.17) is 4.52 Å². The van der Waals surface area contributed by atoms with E-state index in [0.29, 0.717) is 11.1 Å². The van der Waals surface area contributed by atoms with Gasteiger partial charge in [-0.25, -0.2) is 4.39 Å². The fraction of sp³-hybridized carbons (Fsp3) is 0.182. The molecule has 0 bridgehead atoms. The van der Waals surface area contributed by atoms with Crippen molar-refractivity contribution in [3.63, 3.8) is 0 Å². The van der Waals surface area contributed by atoms with Crippen LogP contribution in [0.5, 0.6) is 0 Å². The molecule has 5 nitrogen and oxygen atoms in total. The SMILES string of the molecule is Cc1cc(CNC(=O)C(C)c2c(-c3ccccc3)[nH]c3ccc(F)cc23)on1. The standard InChI is InChI=1S/C22H20FN3O2/c1-13-10-17(28-26-13)12-24-22(27)14(2)20-18-11-16(23)8-9-19(18)25-21(20)15-6-4-3-5-7-15/h3-11,14,25H,12H2,1-2H3,(H,24,27). The molecule has 0 aliphatic rings. The maximum atomic E-state index is 13.9. The summed E-state index contributed by atoms with van der Waals surface area (Å²) in [6.07, 6.45) is 0. The van der Waals surface area contributed by atoms with Crippen LogP contribution < -0.4 is 5.32 Å². The van der Waals surface area contributed by atoms with Gasteiger partial charge in [0.1, 0.15) is 5.82 Å². The molecule has 1 amide bonds. The van der Waals surface area contributed by atoms with E-state index in [1.807, 2.05) is 44.2 Å². The first-order chi connectivity index (χ1) is 13.5. The first-order valence-electron chi connectivity index (χ1n) is 9.09. The van der Waals surface area contributed by atoms with Crippen molar-refractivity contribution in [2.75, 3.05) is 0 Å². The molecule has 0 radical (unpaired) electrons. The second-order valence-corrected chi connectivity index (χ2v) is 6.84. The molecule has 2 N–H and O–H groups in total. The Hall–Kier alpha value is -3.41. The molecular formula is C22H20FN3O2. The number of nitrogens with zero attached hydrogens (tertiary/aromatic N) is 1. The molecule has 2 aromatic carbocycles. The van der Waals surface area contributed by atoms with Crippen molar-refractivity contribution >= 4 is 16.8 Å².